The van der Waals surface area contributed by atoms with Crippen molar-refractivity contribution in [2.24, 2.45) is 0 Å². The van der Waals surface area contributed by atoms with Crippen molar-refractivity contribution in [3.8, 4) is 34.8 Å². The number of rotatable bonds is 9. The molecule has 0 bridgehead atoms. The zero-order valence-electron chi connectivity index (χ0n) is 20.8. The van der Waals surface area contributed by atoms with E-state index in [4.69, 9.17) is 35.8 Å². The second kappa shape index (κ2) is 11.8. The van der Waals surface area contributed by atoms with Gasteiger partial charge in [-0.15, -0.1) is 0 Å². The summed E-state index contributed by atoms with van der Waals surface area (Å²) in [5, 5.41) is 9.30. The molecule has 3 aromatic carbocycles. The van der Waals surface area contributed by atoms with E-state index in [1.165, 1.54) is 10.6 Å². The standard InChI is InChI=1S/C30H23ClN2O6/c31-25-14-23(18-34)27(36-10-8-20-3-1-4-21(13-20)17-32)16-28(25)39-19-22-5-2-9-33(30(22)35)24-6-7-26-29(15-24)38-12-11-37-26/h1-7,9,13-16,18H,8,10-12,19H2. The molecule has 0 amide bonds. The monoisotopic (exact) mass is 542 g/mol. The Labute approximate surface area is 229 Å². The van der Waals surface area contributed by atoms with Crippen LogP contribution in [0, 0.1) is 11.3 Å². The maximum atomic E-state index is 13.2. The highest BCUT2D eigenvalue weighted by Crippen LogP contribution is 2.33. The molecular formula is C30H23ClN2O6. The molecule has 5 rings (SSSR count). The Morgan fingerprint density at radius 2 is 1.82 bits per heavy atom. The number of hydrogen-bond donors (Lipinski definition) is 0. The number of fused-ring (bicyclic) bond motifs is 1. The van der Waals surface area contributed by atoms with Crippen molar-refractivity contribution in [2.45, 2.75) is 13.0 Å². The van der Waals surface area contributed by atoms with Crippen molar-refractivity contribution >= 4 is 17.9 Å². The number of ether oxygens (including phenoxy) is 4. The highest BCUT2D eigenvalue weighted by atomic mass is 35.5. The predicted molar refractivity (Wildman–Crippen MR) is 145 cm³/mol. The predicted octanol–water partition coefficient (Wildman–Crippen LogP) is 5.15. The highest BCUT2D eigenvalue weighted by molar-refractivity contribution is 6.32. The van der Waals surface area contributed by atoms with Gasteiger partial charge in [-0.3, -0.25) is 14.2 Å². The van der Waals surface area contributed by atoms with Crippen molar-refractivity contribution < 1.29 is 23.7 Å². The van der Waals surface area contributed by atoms with Gasteiger partial charge in [-0.1, -0.05) is 23.7 Å². The minimum atomic E-state index is -0.258. The second-order valence-corrected chi connectivity index (χ2v) is 9.08. The molecule has 1 aromatic heterocycles. The van der Waals surface area contributed by atoms with E-state index in [2.05, 4.69) is 6.07 Å². The average Bonchev–Trinajstić information content (AvgIpc) is 2.97. The minimum absolute atomic E-state index is 0.0508. The van der Waals surface area contributed by atoms with Crippen LogP contribution in [0.1, 0.15) is 27.0 Å². The van der Waals surface area contributed by atoms with Crippen molar-refractivity contribution in [1.82, 2.24) is 4.57 Å². The lowest BCUT2D eigenvalue weighted by atomic mass is 10.1. The van der Waals surface area contributed by atoms with Crippen molar-refractivity contribution in [2.75, 3.05) is 19.8 Å². The molecule has 0 aliphatic carbocycles. The number of pyridine rings is 1. The smallest absolute Gasteiger partial charge is 0.261 e. The third kappa shape index (κ3) is 5.89. The van der Waals surface area contributed by atoms with Gasteiger partial charge in [0.2, 0.25) is 0 Å². The van der Waals surface area contributed by atoms with Crippen LogP contribution < -0.4 is 24.5 Å². The summed E-state index contributed by atoms with van der Waals surface area (Å²) >= 11 is 6.36. The van der Waals surface area contributed by atoms with Crippen LogP contribution in [0.15, 0.2) is 77.7 Å². The van der Waals surface area contributed by atoms with Gasteiger partial charge in [-0.2, -0.15) is 5.26 Å². The molecule has 0 unspecified atom stereocenters. The van der Waals surface area contributed by atoms with Crippen molar-refractivity contribution in [1.29, 1.82) is 5.26 Å². The van der Waals surface area contributed by atoms with Gasteiger partial charge in [-0.05, 0) is 48.0 Å². The Balaban J connectivity index is 1.31. The SMILES string of the molecule is N#Cc1cccc(CCOc2cc(OCc3cccn(-c4ccc5c(c4)OCCO5)c3=O)c(Cl)cc2C=O)c1. The first kappa shape index (κ1) is 25.9. The molecule has 0 radical (unpaired) electrons. The van der Waals surface area contributed by atoms with Gasteiger partial charge < -0.3 is 18.9 Å². The summed E-state index contributed by atoms with van der Waals surface area (Å²) in [7, 11) is 0. The Morgan fingerprint density at radius 1 is 0.974 bits per heavy atom. The Hall–Kier alpha value is -4.74. The maximum absolute atomic E-state index is 13.2. The van der Waals surface area contributed by atoms with Crippen LogP contribution >= 0.6 is 11.6 Å². The molecule has 39 heavy (non-hydrogen) atoms. The summed E-state index contributed by atoms with van der Waals surface area (Å²) in [6, 6.07) is 21.1. The summed E-state index contributed by atoms with van der Waals surface area (Å²) in [6.45, 7) is 1.15. The number of nitrogens with zero attached hydrogens (tertiary/aromatic N) is 2. The van der Waals surface area contributed by atoms with E-state index < -0.39 is 0 Å². The van der Waals surface area contributed by atoms with Crippen LogP contribution in [-0.4, -0.2) is 30.7 Å². The number of aldehydes is 1. The topological polar surface area (TPSA) is 99.8 Å². The molecule has 1 aliphatic heterocycles. The van der Waals surface area contributed by atoms with E-state index in [1.807, 2.05) is 12.1 Å². The first-order valence-electron chi connectivity index (χ1n) is 12.2. The van der Waals surface area contributed by atoms with Crippen molar-refractivity contribution in [3.05, 3.63) is 111 Å². The lowest BCUT2D eigenvalue weighted by molar-refractivity contribution is 0.111. The van der Waals surface area contributed by atoms with Gasteiger partial charge in [0, 0.05) is 24.8 Å². The number of nitriles is 1. The van der Waals surface area contributed by atoms with Crippen LogP contribution in [-0.2, 0) is 13.0 Å². The summed E-state index contributed by atoms with van der Waals surface area (Å²) in [6.07, 6.45) is 2.86. The van der Waals surface area contributed by atoms with E-state index in [9.17, 15) is 9.59 Å². The summed E-state index contributed by atoms with van der Waals surface area (Å²) in [5.74, 6) is 1.81. The number of halogens is 1. The molecule has 1 aliphatic rings. The molecule has 9 heteroatoms. The molecule has 196 valence electrons. The summed E-state index contributed by atoms with van der Waals surface area (Å²) < 4.78 is 24.5. The molecule has 0 atom stereocenters. The zero-order valence-corrected chi connectivity index (χ0v) is 21.5. The van der Waals surface area contributed by atoms with Crippen LogP contribution in [0.5, 0.6) is 23.0 Å². The summed E-state index contributed by atoms with van der Waals surface area (Å²) in [4.78, 5) is 24.8. The molecule has 0 fully saturated rings. The van der Waals surface area contributed by atoms with Crippen LogP contribution in [0.4, 0.5) is 0 Å². The van der Waals surface area contributed by atoms with E-state index in [1.54, 1.807) is 54.7 Å². The average molecular weight is 543 g/mol. The molecule has 0 spiro atoms. The van der Waals surface area contributed by atoms with Crippen LogP contribution in [0.3, 0.4) is 0 Å². The molecular weight excluding hydrogens is 520 g/mol. The molecule has 2 heterocycles. The third-order valence-electron chi connectivity index (χ3n) is 6.11. The maximum Gasteiger partial charge on any atom is 0.261 e. The van der Waals surface area contributed by atoms with Crippen LogP contribution in [0.25, 0.3) is 5.69 Å². The molecule has 4 aromatic rings. The first-order valence-corrected chi connectivity index (χ1v) is 12.6. The Kier molecular flexibility index (Phi) is 7.80. The Morgan fingerprint density at radius 3 is 2.64 bits per heavy atom. The van der Waals surface area contributed by atoms with Gasteiger partial charge in [0.15, 0.2) is 17.8 Å². The largest absolute Gasteiger partial charge is 0.492 e. The van der Waals surface area contributed by atoms with Gasteiger partial charge in [-0.25, -0.2) is 0 Å². The number of hydrogen-bond acceptors (Lipinski definition) is 7. The number of carbonyl (C=O) groups excluding carboxylic acids is 1. The first-order chi connectivity index (χ1) is 19.1. The van der Waals surface area contributed by atoms with E-state index in [0.717, 1.165) is 5.56 Å². The fourth-order valence-electron chi connectivity index (χ4n) is 4.14. The lowest BCUT2D eigenvalue weighted by Gasteiger charge is -2.19. The third-order valence-corrected chi connectivity index (χ3v) is 6.40. The van der Waals surface area contributed by atoms with E-state index in [-0.39, 0.29) is 35.1 Å². The van der Waals surface area contributed by atoms with E-state index >= 15 is 0 Å². The van der Waals surface area contributed by atoms with Gasteiger partial charge in [0.05, 0.1) is 40.1 Å². The summed E-state index contributed by atoms with van der Waals surface area (Å²) in [5.41, 5.74) is 2.56. The second-order valence-electron chi connectivity index (χ2n) is 8.67. The normalized spacial score (nSPS) is 11.9. The van der Waals surface area contributed by atoms with Gasteiger partial charge in [0.1, 0.15) is 31.3 Å². The fourth-order valence-corrected chi connectivity index (χ4v) is 4.37. The van der Waals surface area contributed by atoms with Gasteiger partial charge in [0.25, 0.3) is 5.56 Å². The fraction of sp³-hybridized carbons (Fsp3) is 0.167. The molecule has 0 saturated carbocycles. The zero-order chi connectivity index (χ0) is 27.2. The lowest BCUT2D eigenvalue weighted by Crippen LogP contribution is -2.23. The highest BCUT2D eigenvalue weighted by Gasteiger charge is 2.15. The van der Waals surface area contributed by atoms with Crippen molar-refractivity contribution in [3.63, 3.8) is 0 Å². The van der Waals surface area contributed by atoms with Gasteiger partial charge >= 0.3 is 0 Å². The molecule has 8 nitrogen and oxygen atoms in total. The number of carbonyl (C=O) groups is 1. The van der Waals surface area contributed by atoms with Crippen LogP contribution in [0.2, 0.25) is 5.02 Å². The molecule has 0 saturated heterocycles. The minimum Gasteiger partial charge on any atom is -0.492 e. The number of aromatic nitrogens is 1. The quantitative estimate of drug-likeness (QED) is 0.270. The number of benzene rings is 3. The van der Waals surface area contributed by atoms with E-state index in [0.29, 0.717) is 60.0 Å². The Bertz CT molecular complexity index is 1630. The molecule has 0 N–H and O–H groups in total.